The van der Waals surface area contributed by atoms with Crippen LogP contribution in [0.5, 0.6) is 0 Å². The summed E-state index contributed by atoms with van der Waals surface area (Å²) in [5, 5.41) is 14.3. The number of rotatable bonds is 5. The lowest BCUT2D eigenvalue weighted by atomic mass is 10.1. The van der Waals surface area contributed by atoms with E-state index in [2.05, 4.69) is 15.6 Å². The monoisotopic (exact) mass is 339 g/mol. The van der Waals surface area contributed by atoms with Crippen LogP contribution < -0.4 is 10.6 Å². The highest BCUT2D eigenvalue weighted by Crippen LogP contribution is 2.27. The molecule has 0 aliphatic heterocycles. The Morgan fingerprint density at radius 3 is 2.42 bits per heavy atom. The second-order valence-corrected chi connectivity index (χ2v) is 5.10. The van der Waals surface area contributed by atoms with E-state index in [9.17, 15) is 23.1 Å². The molecule has 2 rings (SSSR count). The standard InChI is InChI=1S/C16H16F3N3O2/c17-16(18,19)14-7-6-12(9-20-14)21-15(24)22-13(10-23)8-11-4-2-1-3-5-11/h1-7,9,13,23H,8,10H2,(H2,21,22,24)/t13-/m1/s1. The van der Waals surface area contributed by atoms with Crippen molar-refractivity contribution in [2.45, 2.75) is 18.6 Å². The molecule has 2 aromatic rings. The second-order valence-electron chi connectivity index (χ2n) is 5.10. The van der Waals surface area contributed by atoms with Crippen molar-refractivity contribution in [2.24, 2.45) is 0 Å². The number of aliphatic hydroxyl groups excluding tert-OH is 1. The SMILES string of the molecule is O=C(Nc1ccc(C(F)(F)F)nc1)N[C@@H](CO)Cc1ccccc1. The van der Waals surface area contributed by atoms with Gasteiger partial charge in [0.15, 0.2) is 0 Å². The van der Waals surface area contributed by atoms with Crippen LogP contribution in [0.1, 0.15) is 11.3 Å². The summed E-state index contributed by atoms with van der Waals surface area (Å²) in [4.78, 5) is 15.1. The van der Waals surface area contributed by atoms with Gasteiger partial charge in [-0.3, -0.25) is 0 Å². The molecule has 1 aromatic heterocycles. The zero-order valence-electron chi connectivity index (χ0n) is 12.5. The number of carbonyl (C=O) groups excluding carboxylic acids is 1. The number of nitrogens with zero attached hydrogens (tertiary/aromatic N) is 1. The Labute approximate surface area is 136 Å². The van der Waals surface area contributed by atoms with E-state index in [1.807, 2.05) is 30.3 Å². The van der Waals surface area contributed by atoms with E-state index in [0.717, 1.165) is 23.9 Å². The number of aromatic nitrogens is 1. The van der Waals surface area contributed by atoms with Gasteiger partial charge in [-0.2, -0.15) is 13.2 Å². The highest BCUT2D eigenvalue weighted by molar-refractivity contribution is 5.89. The number of urea groups is 1. The third kappa shape index (κ3) is 5.24. The lowest BCUT2D eigenvalue weighted by Crippen LogP contribution is -2.41. The molecule has 0 spiro atoms. The number of benzene rings is 1. The van der Waals surface area contributed by atoms with Crippen molar-refractivity contribution in [1.82, 2.24) is 10.3 Å². The molecule has 0 fully saturated rings. The number of hydrogen-bond acceptors (Lipinski definition) is 3. The molecule has 24 heavy (non-hydrogen) atoms. The van der Waals surface area contributed by atoms with Gasteiger partial charge in [-0.1, -0.05) is 30.3 Å². The Balaban J connectivity index is 1.91. The van der Waals surface area contributed by atoms with Gasteiger partial charge in [0.2, 0.25) is 0 Å². The zero-order chi connectivity index (χ0) is 17.6. The average molecular weight is 339 g/mol. The topological polar surface area (TPSA) is 74.2 Å². The summed E-state index contributed by atoms with van der Waals surface area (Å²) in [5.41, 5.74) is 0.0238. The van der Waals surface area contributed by atoms with Crippen LogP contribution in [0.3, 0.4) is 0 Å². The highest BCUT2D eigenvalue weighted by atomic mass is 19.4. The van der Waals surface area contributed by atoms with Gasteiger partial charge in [-0.05, 0) is 24.1 Å². The second kappa shape index (κ2) is 7.78. The van der Waals surface area contributed by atoms with E-state index in [-0.39, 0.29) is 12.3 Å². The van der Waals surface area contributed by atoms with E-state index in [1.165, 1.54) is 0 Å². The third-order valence-corrected chi connectivity index (χ3v) is 3.19. The molecule has 0 bridgehead atoms. The van der Waals surface area contributed by atoms with Crippen LogP contribution >= 0.6 is 0 Å². The van der Waals surface area contributed by atoms with Crippen LogP contribution in [-0.2, 0) is 12.6 Å². The molecule has 0 saturated carbocycles. The molecule has 0 unspecified atom stereocenters. The predicted molar refractivity (Wildman–Crippen MR) is 82.4 cm³/mol. The molecule has 8 heteroatoms. The van der Waals surface area contributed by atoms with Crippen LogP contribution in [0.25, 0.3) is 0 Å². The summed E-state index contributed by atoms with van der Waals surface area (Å²) in [6, 6.07) is 10.0. The largest absolute Gasteiger partial charge is 0.433 e. The number of anilines is 1. The van der Waals surface area contributed by atoms with Crippen LogP contribution in [0, 0.1) is 0 Å². The first-order chi connectivity index (χ1) is 11.4. The maximum Gasteiger partial charge on any atom is 0.433 e. The highest BCUT2D eigenvalue weighted by Gasteiger charge is 2.32. The van der Waals surface area contributed by atoms with Crippen LogP contribution in [0.15, 0.2) is 48.7 Å². The Morgan fingerprint density at radius 2 is 1.88 bits per heavy atom. The lowest BCUT2D eigenvalue weighted by Gasteiger charge is -2.17. The van der Waals surface area contributed by atoms with Gasteiger partial charge in [-0.25, -0.2) is 9.78 Å². The van der Waals surface area contributed by atoms with Gasteiger partial charge >= 0.3 is 12.2 Å². The first kappa shape index (κ1) is 17.7. The van der Waals surface area contributed by atoms with Crippen molar-refractivity contribution in [3.05, 3.63) is 59.9 Å². The molecular formula is C16H16F3N3O2. The molecule has 2 amide bonds. The van der Waals surface area contributed by atoms with E-state index < -0.39 is 23.9 Å². The molecule has 1 atom stereocenters. The Morgan fingerprint density at radius 1 is 1.17 bits per heavy atom. The number of hydrogen-bond donors (Lipinski definition) is 3. The van der Waals surface area contributed by atoms with Gasteiger partial charge < -0.3 is 15.7 Å². The Kier molecular flexibility index (Phi) is 5.75. The fraction of sp³-hybridized carbons (Fsp3) is 0.250. The average Bonchev–Trinajstić information content (AvgIpc) is 2.54. The summed E-state index contributed by atoms with van der Waals surface area (Å²) < 4.78 is 37.3. The fourth-order valence-electron chi connectivity index (χ4n) is 2.05. The molecule has 0 saturated heterocycles. The molecular weight excluding hydrogens is 323 g/mol. The van der Waals surface area contributed by atoms with Gasteiger partial charge in [0.25, 0.3) is 0 Å². The smallest absolute Gasteiger partial charge is 0.394 e. The molecule has 128 valence electrons. The van der Waals surface area contributed by atoms with E-state index in [0.29, 0.717) is 6.42 Å². The normalized spacial score (nSPS) is 12.5. The predicted octanol–water partition coefficient (Wildman–Crippen LogP) is 2.83. The minimum absolute atomic E-state index is 0.122. The van der Waals surface area contributed by atoms with Crippen molar-refractivity contribution < 1.29 is 23.1 Å². The molecule has 0 aliphatic rings. The number of halogens is 3. The summed E-state index contributed by atoms with van der Waals surface area (Å²) in [6.07, 6.45) is -3.18. The number of alkyl halides is 3. The first-order valence-corrected chi connectivity index (χ1v) is 7.14. The number of pyridine rings is 1. The molecule has 0 aliphatic carbocycles. The van der Waals surface area contributed by atoms with Crippen molar-refractivity contribution in [3.63, 3.8) is 0 Å². The molecule has 3 N–H and O–H groups in total. The molecule has 1 heterocycles. The Bertz CT molecular complexity index is 661. The van der Waals surface area contributed by atoms with E-state index in [1.54, 1.807) is 0 Å². The number of nitrogens with one attached hydrogen (secondary N) is 2. The summed E-state index contributed by atoms with van der Waals surface area (Å²) >= 11 is 0. The number of carbonyl (C=O) groups is 1. The van der Waals surface area contributed by atoms with Gasteiger partial charge in [-0.15, -0.1) is 0 Å². The Hall–Kier alpha value is -2.61. The maximum absolute atomic E-state index is 12.4. The van der Waals surface area contributed by atoms with Gasteiger partial charge in [0.1, 0.15) is 5.69 Å². The van der Waals surface area contributed by atoms with Crippen LogP contribution in [0.4, 0.5) is 23.7 Å². The van der Waals surface area contributed by atoms with Crippen molar-refractivity contribution in [2.75, 3.05) is 11.9 Å². The minimum Gasteiger partial charge on any atom is -0.394 e. The molecule has 1 aromatic carbocycles. The van der Waals surface area contributed by atoms with Crippen molar-refractivity contribution >= 4 is 11.7 Å². The summed E-state index contributed by atoms with van der Waals surface area (Å²) in [5.74, 6) is 0. The van der Waals surface area contributed by atoms with Crippen molar-refractivity contribution in [1.29, 1.82) is 0 Å². The van der Waals surface area contributed by atoms with Gasteiger partial charge in [0, 0.05) is 0 Å². The zero-order valence-corrected chi connectivity index (χ0v) is 12.5. The number of aliphatic hydroxyl groups is 1. The van der Waals surface area contributed by atoms with Gasteiger partial charge in [0.05, 0.1) is 24.5 Å². The quantitative estimate of drug-likeness (QED) is 0.784. The summed E-state index contributed by atoms with van der Waals surface area (Å²) in [6.45, 7) is -0.270. The maximum atomic E-state index is 12.4. The first-order valence-electron chi connectivity index (χ1n) is 7.14. The minimum atomic E-state index is -4.53. The van der Waals surface area contributed by atoms with Crippen molar-refractivity contribution in [3.8, 4) is 0 Å². The summed E-state index contributed by atoms with van der Waals surface area (Å²) in [7, 11) is 0. The fourth-order valence-corrected chi connectivity index (χ4v) is 2.05. The third-order valence-electron chi connectivity index (χ3n) is 3.19. The van der Waals surface area contributed by atoms with Crippen LogP contribution in [-0.4, -0.2) is 28.8 Å². The van der Waals surface area contributed by atoms with Crippen LogP contribution in [0.2, 0.25) is 0 Å². The van der Waals surface area contributed by atoms with E-state index >= 15 is 0 Å². The lowest BCUT2D eigenvalue weighted by molar-refractivity contribution is -0.141. The van der Waals surface area contributed by atoms with E-state index in [4.69, 9.17) is 0 Å². The molecule has 5 nitrogen and oxygen atoms in total. The number of amides is 2. The molecule has 0 radical (unpaired) electrons.